The number of aromatic nitrogens is 1. The maximum absolute atomic E-state index is 12.0. The van der Waals surface area contributed by atoms with Gasteiger partial charge in [-0.3, -0.25) is 14.9 Å². The molecule has 0 atom stereocenters. The van der Waals surface area contributed by atoms with Gasteiger partial charge in [0.2, 0.25) is 5.75 Å². The number of rotatable bonds is 3. The topological polar surface area (TPSA) is 94.6 Å². The molecule has 7 nitrogen and oxygen atoms in total. The number of benzene rings is 2. The highest BCUT2D eigenvalue weighted by atomic mass is 16.6. The highest BCUT2D eigenvalue weighted by Crippen LogP contribution is 2.33. The van der Waals surface area contributed by atoms with E-state index in [0.29, 0.717) is 17.0 Å². The van der Waals surface area contributed by atoms with Gasteiger partial charge in [-0.05, 0) is 24.3 Å². The summed E-state index contributed by atoms with van der Waals surface area (Å²) in [6.45, 7) is 0. The van der Waals surface area contributed by atoms with E-state index in [0.717, 1.165) is 4.57 Å². The van der Waals surface area contributed by atoms with Crippen molar-refractivity contribution < 1.29 is 14.8 Å². The van der Waals surface area contributed by atoms with E-state index in [1.165, 1.54) is 13.1 Å². The normalized spacial score (nSPS) is 10.7. The lowest BCUT2D eigenvalue weighted by Crippen LogP contribution is -2.20. The molecular weight excluding hydrogens is 300 g/mol. The molecule has 7 heteroatoms. The lowest BCUT2D eigenvalue weighted by atomic mass is 10.1. The first-order chi connectivity index (χ1) is 11.0. The van der Waals surface area contributed by atoms with Gasteiger partial charge in [-0.2, -0.15) is 0 Å². The van der Waals surface area contributed by atoms with Crippen LogP contribution in [0.2, 0.25) is 0 Å². The minimum Gasteiger partial charge on any atom is -0.501 e. The van der Waals surface area contributed by atoms with Crippen LogP contribution in [0.1, 0.15) is 0 Å². The summed E-state index contributed by atoms with van der Waals surface area (Å²) < 4.78 is 6.78. The van der Waals surface area contributed by atoms with Crippen LogP contribution in [0, 0.1) is 10.1 Å². The van der Waals surface area contributed by atoms with Gasteiger partial charge in [0.1, 0.15) is 11.5 Å². The number of fused-ring (bicyclic) bond motifs is 1. The van der Waals surface area contributed by atoms with Gasteiger partial charge in [0, 0.05) is 18.5 Å². The molecule has 0 unspecified atom stereocenters. The molecule has 0 amide bonds. The number of para-hydroxylation sites is 1. The molecule has 2 aromatic carbocycles. The van der Waals surface area contributed by atoms with Crippen LogP contribution in [0.5, 0.6) is 17.2 Å². The quantitative estimate of drug-likeness (QED) is 0.592. The summed E-state index contributed by atoms with van der Waals surface area (Å²) in [6, 6.07) is 13.6. The summed E-state index contributed by atoms with van der Waals surface area (Å²) in [6.07, 6.45) is 0. The summed E-state index contributed by atoms with van der Waals surface area (Å²) >= 11 is 0. The molecule has 23 heavy (non-hydrogen) atoms. The van der Waals surface area contributed by atoms with E-state index >= 15 is 0 Å². The maximum Gasteiger partial charge on any atom is 0.375 e. The minimum absolute atomic E-state index is 0.208. The van der Waals surface area contributed by atoms with Crippen LogP contribution in [-0.4, -0.2) is 14.6 Å². The van der Waals surface area contributed by atoms with Gasteiger partial charge in [0.25, 0.3) is 0 Å². The summed E-state index contributed by atoms with van der Waals surface area (Å²) in [5.74, 6) is 0.425. The molecule has 1 aromatic heterocycles. The van der Waals surface area contributed by atoms with E-state index in [-0.39, 0.29) is 5.39 Å². The van der Waals surface area contributed by atoms with Crippen molar-refractivity contribution in [1.82, 2.24) is 4.57 Å². The van der Waals surface area contributed by atoms with Crippen LogP contribution in [-0.2, 0) is 7.05 Å². The Bertz CT molecular complexity index is 964. The second kappa shape index (κ2) is 5.45. The van der Waals surface area contributed by atoms with Crippen LogP contribution in [0.15, 0.2) is 53.3 Å². The molecule has 0 spiro atoms. The van der Waals surface area contributed by atoms with Crippen molar-refractivity contribution >= 4 is 16.6 Å². The summed E-state index contributed by atoms with van der Waals surface area (Å²) in [7, 11) is 1.41. The predicted molar refractivity (Wildman–Crippen MR) is 84.0 cm³/mol. The lowest BCUT2D eigenvalue weighted by Gasteiger charge is -2.10. The van der Waals surface area contributed by atoms with E-state index in [1.54, 1.807) is 24.3 Å². The van der Waals surface area contributed by atoms with Crippen molar-refractivity contribution in [3.05, 3.63) is 69.0 Å². The second-order valence-corrected chi connectivity index (χ2v) is 4.91. The summed E-state index contributed by atoms with van der Waals surface area (Å²) in [4.78, 5) is 22.1. The molecule has 1 N–H and O–H groups in total. The Labute approximate surface area is 130 Å². The van der Waals surface area contributed by atoms with Crippen LogP contribution in [0.3, 0.4) is 0 Å². The van der Waals surface area contributed by atoms with E-state index in [2.05, 4.69) is 0 Å². The average molecular weight is 312 g/mol. The van der Waals surface area contributed by atoms with Crippen LogP contribution in [0.4, 0.5) is 5.69 Å². The number of aromatic hydroxyl groups is 1. The molecule has 1 heterocycles. The lowest BCUT2D eigenvalue weighted by molar-refractivity contribution is -0.387. The Balaban J connectivity index is 2.18. The third-order valence-corrected chi connectivity index (χ3v) is 3.48. The van der Waals surface area contributed by atoms with Crippen molar-refractivity contribution in [3.8, 4) is 17.2 Å². The average Bonchev–Trinajstić information content (AvgIpc) is 2.53. The number of ether oxygens (including phenoxy) is 1. The summed E-state index contributed by atoms with van der Waals surface area (Å²) in [5.41, 5.74) is -1.37. The molecule has 0 aliphatic rings. The molecule has 0 fully saturated rings. The summed E-state index contributed by atoms with van der Waals surface area (Å²) in [5, 5.41) is 21.2. The van der Waals surface area contributed by atoms with Gasteiger partial charge >= 0.3 is 11.2 Å². The van der Waals surface area contributed by atoms with Crippen molar-refractivity contribution in [3.63, 3.8) is 0 Å². The van der Waals surface area contributed by atoms with Crippen molar-refractivity contribution in [2.45, 2.75) is 0 Å². The van der Waals surface area contributed by atoms with Crippen LogP contribution in [0.25, 0.3) is 10.9 Å². The van der Waals surface area contributed by atoms with E-state index in [1.807, 2.05) is 18.2 Å². The second-order valence-electron chi connectivity index (χ2n) is 4.91. The van der Waals surface area contributed by atoms with Crippen molar-refractivity contribution in [2.75, 3.05) is 0 Å². The van der Waals surface area contributed by atoms with Gasteiger partial charge in [-0.1, -0.05) is 18.2 Å². The number of nitrogens with zero attached hydrogens (tertiary/aromatic N) is 2. The Hall–Kier alpha value is -3.35. The zero-order chi connectivity index (χ0) is 16.6. The van der Waals surface area contributed by atoms with Crippen molar-refractivity contribution in [2.24, 2.45) is 7.05 Å². The molecule has 3 aromatic rings. The fourth-order valence-corrected chi connectivity index (χ4v) is 2.34. The van der Waals surface area contributed by atoms with Gasteiger partial charge in [-0.15, -0.1) is 0 Å². The molecule has 3 rings (SSSR count). The highest BCUT2D eigenvalue weighted by Gasteiger charge is 2.24. The first kappa shape index (κ1) is 14.6. The number of hydrogen-bond acceptors (Lipinski definition) is 5. The van der Waals surface area contributed by atoms with E-state index < -0.39 is 21.9 Å². The van der Waals surface area contributed by atoms with Gasteiger partial charge in [0.15, 0.2) is 0 Å². The zero-order valence-corrected chi connectivity index (χ0v) is 12.1. The first-order valence-electron chi connectivity index (χ1n) is 6.72. The van der Waals surface area contributed by atoms with Gasteiger partial charge in [-0.25, -0.2) is 0 Å². The predicted octanol–water partition coefficient (Wildman–Crippen LogP) is 2.94. The highest BCUT2D eigenvalue weighted by molar-refractivity contribution is 5.89. The Morgan fingerprint density at radius 3 is 2.48 bits per heavy atom. The molecule has 116 valence electrons. The molecule has 0 saturated heterocycles. The Kier molecular flexibility index (Phi) is 3.46. The van der Waals surface area contributed by atoms with Crippen molar-refractivity contribution in [1.29, 1.82) is 0 Å². The largest absolute Gasteiger partial charge is 0.501 e. The standard InChI is InChI=1S/C16H12N2O5/c1-17-13-9-11(23-10-5-3-2-4-6-10)7-8-12(13)15(19)14(16(17)20)18(21)22/h2-9,19H,1H3. The Morgan fingerprint density at radius 1 is 1.13 bits per heavy atom. The monoisotopic (exact) mass is 312 g/mol. The molecule has 0 aliphatic heterocycles. The SMILES string of the molecule is Cn1c(=O)c([N+](=O)[O-])c(O)c2ccc(Oc3ccccc3)cc21. The number of hydrogen-bond donors (Lipinski definition) is 1. The third-order valence-electron chi connectivity index (χ3n) is 3.48. The number of aryl methyl sites for hydroxylation is 1. The molecular formula is C16H12N2O5. The zero-order valence-electron chi connectivity index (χ0n) is 12.1. The van der Waals surface area contributed by atoms with Crippen LogP contribution >= 0.6 is 0 Å². The Morgan fingerprint density at radius 2 is 1.83 bits per heavy atom. The maximum atomic E-state index is 12.0. The van der Waals surface area contributed by atoms with Crippen LogP contribution < -0.4 is 10.3 Å². The third kappa shape index (κ3) is 2.48. The number of pyridine rings is 1. The molecule has 0 aliphatic carbocycles. The molecule has 0 saturated carbocycles. The first-order valence-corrected chi connectivity index (χ1v) is 6.72. The molecule has 0 radical (unpaired) electrons. The smallest absolute Gasteiger partial charge is 0.375 e. The van der Waals surface area contributed by atoms with Gasteiger partial charge in [0.05, 0.1) is 10.4 Å². The fraction of sp³-hybridized carbons (Fsp3) is 0.0625. The van der Waals surface area contributed by atoms with Gasteiger partial charge < -0.3 is 14.4 Å². The number of nitro groups is 1. The van der Waals surface area contributed by atoms with E-state index in [9.17, 15) is 20.0 Å². The minimum atomic E-state index is -0.883. The van der Waals surface area contributed by atoms with E-state index in [4.69, 9.17) is 4.74 Å². The fourth-order valence-electron chi connectivity index (χ4n) is 2.34. The molecule has 0 bridgehead atoms.